The van der Waals surface area contributed by atoms with Gasteiger partial charge >= 0.3 is 0 Å². The van der Waals surface area contributed by atoms with Crippen molar-refractivity contribution in [2.45, 2.75) is 26.7 Å². The van der Waals surface area contributed by atoms with E-state index in [9.17, 15) is 9.90 Å². The van der Waals surface area contributed by atoms with E-state index in [-0.39, 0.29) is 18.1 Å². The van der Waals surface area contributed by atoms with E-state index in [2.05, 4.69) is 34.7 Å². The van der Waals surface area contributed by atoms with Gasteiger partial charge in [0.15, 0.2) is 5.13 Å². The predicted octanol–water partition coefficient (Wildman–Crippen LogP) is 4.64. The van der Waals surface area contributed by atoms with E-state index in [1.54, 1.807) is 18.2 Å². The second kappa shape index (κ2) is 8.01. The Labute approximate surface area is 156 Å². The van der Waals surface area contributed by atoms with Crippen LogP contribution in [0.3, 0.4) is 0 Å². The number of carbonyl (C=O) groups is 1. The van der Waals surface area contributed by atoms with E-state index in [1.807, 2.05) is 24.4 Å². The molecular formula is C20H21N3O2S. The van der Waals surface area contributed by atoms with Crippen LogP contribution in [-0.2, 0) is 17.6 Å². The zero-order valence-electron chi connectivity index (χ0n) is 14.7. The molecule has 2 aromatic carbocycles. The molecule has 1 amide bonds. The number of hydrogen-bond acceptors (Lipinski definition) is 5. The highest BCUT2D eigenvalue weighted by Crippen LogP contribution is 2.25. The highest BCUT2D eigenvalue weighted by molar-refractivity contribution is 7.13. The van der Waals surface area contributed by atoms with Crippen molar-refractivity contribution in [2.75, 3.05) is 10.6 Å². The first-order valence-electron chi connectivity index (χ1n) is 8.43. The number of nitrogens with zero attached hydrogens (tertiary/aromatic N) is 1. The molecule has 0 unspecified atom stereocenters. The monoisotopic (exact) mass is 367 g/mol. The Morgan fingerprint density at radius 3 is 2.69 bits per heavy atom. The van der Waals surface area contributed by atoms with Crippen molar-refractivity contribution < 1.29 is 9.90 Å². The fraction of sp³-hybridized carbons (Fsp3) is 0.200. The van der Waals surface area contributed by atoms with Gasteiger partial charge in [0.05, 0.1) is 17.8 Å². The van der Waals surface area contributed by atoms with Crippen LogP contribution in [0.25, 0.3) is 0 Å². The third kappa shape index (κ3) is 4.61. The molecule has 3 aromatic rings. The van der Waals surface area contributed by atoms with Crippen molar-refractivity contribution in [3.63, 3.8) is 0 Å². The third-order valence-corrected chi connectivity index (χ3v) is 4.74. The van der Waals surface area contributed by atoms with Gasteiger partial charge in [-0.1, -0.05) is 25.1 Å². The van der Waals surface area contributed by atoms with Gasteiger partial charge in [-0.05, 0) is 48.7 Å². The maximum atomic E-state index is 12.2. The lowest BCUT2D eigenvalue weighted by Gasteiger charge is -2.07. The molecular weight excluding hydrogens is 346 g/mol. The lowest BCUT2D eigenvalue weighted by atomic mass is 10.1. The first-order valence-corrected chi connectivity index (χ1v) is 9.31. The van der Waals surface area contributed by atoms with Crippen molar-refractivity contribution in [3.05, 3.63) is 64.7 Å². The van der Waals surface area contributed by atoms with E-state index in [0.29, 0.717) is 11.4 Å². The van der Waals surface area contributed by atoms with Gasteiger partial charge in [0.2, 0.25) is 5.91 Å². The molecule has 6 heteroatoms. The van der Waals surface area contributed by atoms with Gasteiger partial charge < -0.3 is 15.7 Å². The SMILES string of the molecule is CCc1ccc(Nc2nc(CC(=O)Nc3cc(C)ccc3O)cs2)cc1. The third-order valence-electron chi connectivity index (χ3n) is 3.93. The molecule has 5 nitrogen and oxygen atoms in total. The summed E-state index contributed by atoms with van der Waals surface area (Å²) in [4.78, 5) is 16.7. The summed E-state index contributed by atoms with van der Waals surface area (Å²) in [7, 11) is 0. The molecule has 0 aliphatic carbocycles. The topological polar surface area (TPSA) is 74.2 Å². The molecule has 0 aliphatic rings. The molecule has 0 fully saturated rings. The zero-order valence-corrected chi connectivity index (χ0v) is 15.6. The molecule has 0 saturated carbocycles. The van der Waals surface area contributed by atoms with E-state index in [0.717, 1.165) is 22.8 Å². The number of aryl methyl sites for hydroxylation is 2. The minimum absolute atomic E-state index is 0.0557. The number of phenolic OH excluding ortho intramolecular Hbond substituents is 1. The van der Waals surface area contributed by atoms with Gasteiger partial charge in [-0.25, -0.2) is 4.98 Å². The number of phenols is 1. The van der Waals surface area contributed by atoms with Crippen molar-refractivity contribution in [2.24, 2.45) is 0 Å². The normalized spacial score (nSPS) is 10.5. The van der Waals surface area contributed by atoms with Gasteiger partial charge in [-0.15, -0.1) is 11.3 Å². The van der Waals surface area contributed by atoms with Gasteiger partial charge in [-0.2, -0.15) is 0 Å². The number of hydrogen-bond donors (Lipinski definition) is 3. The summed E-state index contributed by atoms with van der Waals surface area (Å²) < 4.78 is 0. The average molecular weight is 367 g/mol. The van der Waals surface area contributed by atoms with Crippen LogP contribution in [0.4, 0.5) is 16.5 Å². The van der Waals surface area contributed by atoms with Gasteiger partial charge in [0, 0.05) is 11.1 Å². The van der Waals surface area contributed by atoms with E-state index < -0.39 is 0 Å². The number of aromatic nitrogens is 1. The highest BCUT2D eigenvalue weighted by atomic mass is 32.1. The Morgan fingerprint density at radius 1 is 1.19 bits per heavy atom. The Kier molecular flexibility index (Phi) is 5.53. The molecule has 1 aromatic heterocycles. The summed E-state index contributed by atoms with van der Waals surface area (Å²) in [5.41, 5.74) is 4.32. The number of thiazole rings is 1. The number of benzene rings is 2. The van der Waals surface area contributed by atoms with Gasteiger partial charge in [-0.3, -0.25) is 4.79 Å². The lowest BCUT2D eigenvalue weighted by Crippen LogP contribution is -2.14. The molecule has 134 valence electrons. The van der Waals surface area contributed by atoms with Crippen molar-refractivity contribution in [1.82, 2.24) is 4.98 Å². The smallest absolute Gasteiger partial charge is 0.230 e. The van der Waals surface area contributed by atoms with Gasteiger partial charge in [0.1, 0.15) is 5.75 Å². The van der Waals surface area contributed by atoms with Crippen LogP contribution in [0.5, 0.6) is 5.75 Å². The molecule has 3 rings (SSSR count). The quantitative estimate of drug-likeness (QED) is 0.555. The highest BCUT2D eigenvalue weighted by Gasteiger charge is 2.10. The summed E-state index contributed by atoms with van der Waals surface area (Å²) in [6.45, 7) is 4.03. The van der Waals surface area contributed by atoms with Crippen LogP contribution in [0, 0.1) is 6.92 Å². The van der Waals surface area contributed by atoms with Gasteiger partial charge in [0.25, 0.3) is 0 Å². The van der Waals surface area contributed by atoms with E-state index >= 15 is 0 Å². The van der Waals surface area contributed by atoms with Crippen LogP contribution in [0.1, 0.15) is 23.7 Å². The molecule has 26 heavy (non-hydrogen) atoms. The lowest BCUT2D eigenvalue weighted by molar-refractivity contribution is -0.115. The maximum Gasteiger partial charge on any atom is 0.230 e. The Bertz CT molecular complexity index is 904. The second-order valence-electron chi connectivity index (χ2n) is 6.07. The van der Waals surface area contributed by atoms with Crippen LogP contribution < -0.4 is 10.6 Å². The average Bonchev–Trinajstić information content (AvgIpc) is 3.05. The summed E-state index contributed by atoms with van der Waals surface area (Å²) >= 11 is 1.46. The Morgan fingerprint density at radius 2 is 1.96 bits per heavy atom. The molecule has 1 heterocycles. The van der Waals surface area contributed by atoms with Crippen LogP contribution in [-0.4, -0.2) is 16.0 Å². The van der Waals surface area contributed by atoms with Crippen LogP contribution >= 0.6 is 11.3 Å². The second-order valence-corrected chi connectivity index (χ2v) is 6.92. The van der Waals surface area contributed by atoms with E-state index in [4.69, 9.17) is 0 Å². The fourth-order valence-corrected chi connectivity index (χ4v) is 3.23. The molecule has 0 radical (unpaired) electrons. The van der Waals surface area contributed by atoms with Crippen LogP contribution in [0.2, 0.25) is 0 Å². The largest absolute Gasteiger partial charge is 0.506 e. The van der Waals surface area contributed by atoms with E-state index in [1.165, 1.54) is 16.9 Å². The first kappa shape index (κ1) is 17.9. The summed E-state index contributed by atoms with van der Waals surface area (Å²) in [6, 6.07) is 13.3. The van der Waals surface area contributed by atoms with Crippen LogP contribution in [0.15, 0.2) is 47.8 Å². The minimum Gasteiger partial charge on any atom is -0.506 e. The summed E-state index contributed by atoms with van der Waals surface area (Å²) in [5, 5.41) is 18.4. The fourth-order valence-electron chi connectivity index (χ4n) is 2.50. The Hall–Kier alpha value is -2.86. The molecule has 0 spiro atoms. The number of anilines is 3. The molecule has 0 saturated heterocycles. The van der Waals surface area contributed by atoms with Crippen molar-refractivity contribution in [3.8, 4) is 5.75 Å². The minimum atomic E-state index is -0.213. The first-order chi connectivity index (χ1) is 12.5. The standard InChI is InChI=1S/C20H21N3O2S/c1-3-14-5-7-15(8-6-14)21-20-22-16(12-26-20)11-19(25)23-17-10-13(2)4-9-18(17)24/h4-10,12,24H,3,11H2,1-2H3,(H,21,22)(H,23,25). The van der Waals surface area contributed by atoms with Crippen molar-refractivity contribution in [1.29, 1.82) is 0 Å². The number of aromatic hydroxyl groups is 1. The van der Waals surface area contributed by atoms with Crippen molar-refractivity contribution >= 4 is 33.8 Å². The number of rotatable bonds is 6. The molecule has 3 N–H and O–H groups in total. The number of carbonyl (C=O) groups excluding carboxylic acids is 1. The molecule has 0 atom stereocenters. The Balaban J connectivity index is 1.60. The maximum absolute atomic E-state index is 12.2. The summed E-state index contributed by atoms with van der Waals surface area (Å²) in [5.74, 6) is -0.157. The number of nitrogens with one attached hydrogen (secondary N) is 2. The molecule has 0 aliphatic heterocycles. The molecule has 0 bridgehead atoms. The summed E-state index contributed by atoms with van der Waals surface area (Å²) in [6.07, 6.45) is 1.16. The predicted molar refractivity (Wildman–Crippen MR) is 106 cm³/mol. The zero-order chi connectivity index (χ0) is 18.5. The number of amides is 1.